The summed E-state index contributed by atoms with van der Waals surface area (Å²) >= 11 is 5.93. The van der Waals surface area contributed by atoms with E-state index in [1.165, 1.54) is 6.26 Å². The molecule has 0 heterocycles. The van der Waals surface area contributed by atoms with Gasteiger partial charge in [-0.05, 0) is 31.0 Å². The lowest BCUT2D eigenvalue weighted by molar-refractivity contribution is 0.598. The van der Waals surface area contributed by atoms with Gasteiger partial charge in [0.05, 0.1) is 12.3 Å². The zero-order valence-electron chi connectivity index (χ0n) is 12.4. The lowest BCUT2D eigenvalue weighted by Gasteiger charge is -2.11. The maximum atomic E-state index is 11.1. The van der Waals surface area contributed by atoms with Crippen LogP contribution in [0.1, 0.15) is 18.9 Å². The van der Waals surface area contributed by atoms with Gasteiger partial charge in [0.25, 0.3) is 0 Å². The van der Waals surface area contributed by atoms with Gasteiger partial charge in [-0.15, -0.1) is 0 Å². The van der Waals surface area contributed by atoms with Crippen molar-refractivity contribution < 1.29 is 8.42 Å². The van der Waals surface area contributed by atoms with Crippen molar-refractivity contribution in [3.63, 3.8) is 0 Å². The Kier molecular flexibility index (Phi) is 7.53. The van der Waals surface area contributed by atoms with Crippen LogP contribution in [0.3, 0.4) is 0 Å². The topological polar surface area (TPSA) is 70.6 Å². The van der Waals surface area contributed by atoms with E-state index in [-0.39, 0.29) is 5.75 Å². The number of nitrogens with one attached hydrogen (secondary N) is 2. The zero-order chi connectivity index (χ0) is 15.7. The molecule has 0 atom stereocenters. The van der Waals surface area contributed by atoms with Gasteiger partial charge in [-0.25, -0.2) is 13.4 Å². The van der Waals surface area contributed by atoms with Gasteiger partial charge in [-0.1, -0.05) is 23.7 Å². The van der Waals surface area contributed by atoms with E-state index in [2.05, 4.69) is 15.6 Å². The number of aliphatic imine (C=N–C) groups is 1. The Morgan fingerprint density at radius 2 is 2.10 bits per heavy atom. The Morgan fingerprint density at radius 3 is 2.71 bits per heavy atom. The quantitative estimate of drug-likeness (QED) is 0.454. The first-order valence-corrected chi connectivity index (χ1v) is 9.29. The van der Waals surface area contributed by atoms with Crippen LogP contribution in [-0.2, 0) is 16.4 Å². The fourth-order valence-electron chi connectivity index (χ4n) is 1.69. The van der Waals surface area contributed by atoms with Crippen LogP contribution in [0.4, 0.5) is 0 Å². The number of sulfone groups is 1. The summed E-state index contributed by atoms with van der Waals surface area (Å²) in [4.78, 5) is 4.45. The van der Waals surface area contributed by atoms with Crippen molar-refractivity contribution in [1.29, 1.82) is 0 Å². The Morgan fingerprint density at radius 1 is 1.33 bits per heavy atom. The Hall–Kier alpha value is -1.27. The maximum Gasteiger partial charge on any atom is 0.191 e. The molecule has 118 valence electrons. The van der Waals surface area contributed by atoms with E-state index in [4.69, 9.17) is 11.6 Å². The molecule has 0 saturated carbocycles. The summed E-state index contributed by atoms with van der Waals surface area (Å²) in [5.41, 5.74) is 1.02. The normalized spacial score (nSPS) is 12.2. The number of hydrogen-bond donors (Lipinski definition) is 2. The number of guanidine groups is 1. The molecule has 0 aliphatic heterocycles. The van der Waals surface area contributed by atoms with Crippen LogP contribution in [0, 0.1) is 0 Å². The average molecular weight is 332 g/mol. The van der Waals surface area contributed by atoms with Crippen LogP contribution in [0.2, 0.25) is 5.02 Å². The van der Waals surface area contributed by atoms with Crippen molar-refractivity contribution in [1.82, 2.24) is 10.6 Å². The summed E-state index contributed by atoms with van der Waals surface area (Å²) in [6.45, 7) is 3.80. The molecular weight excluding hydrogens is 310 g/mol. The van der Waals surface area contributed by atoms with Gasteiger partial charge in [0.15, 0.2) is 5.96 Å². The lowest BCUT2D eigenvalue weighted by Crippen LogP contribution is -2.38. The van der Waals surface area contributed by atoms with E-state index >= 15 is 0 Å². The third-order valence-electron chi connectivity index (χ3n) is 2.64. The van der Waals surface area contributed by atoms with Crippen molar-refractivity contribution in [2.75, 3.05) is 25.1 Å². The van der Waals surface area contributed by atoms with Gasteiger partial charge in [0.2, 0.25) is 0 Å². The Labute approximate surface area is 131 Å². The molecule has 0 aliphatic rings. The first kappa shape index (κ1) is 17.8. The highest BCUT2D eigenvalue weighted by Gasteiger charge is 2.02. The van der Waals surface area contributed by atoms with Gasteiger partial charge >= 0.3 is 0 Å². The number of halogens is 1. The minimum absolute atomic E-state index is 0.174. The minimum Gasteiger partial charge on any atom is -0.357 e. The zero-order valence-corrected chi connectivity index (χ0v) is 14.0. The van der Waals surface area contributed by atoms with Crippen molar-refractivity contribution >= 4 is 27.4 Å². The molecule has 5 nitrogen and oxygen atoms in total. The molecule has 0 saturated heterocycles. The predicted molar refractivity (Wildman–Crippen MR) is 88.6 cm³/mol. The van der Waals surface area contributed by atoms with Crippen LogP contribution in [-0.4, -0.2) is 39.5 Å². The highest BCUT2D eigenvalue weighted by molar-refractivity contribution is 7.90. The third-order valence-corrected chi connectivity index (χ3v) is 3.90. The van der Waals surface area contributed by atoms with Crippen molar-refractivity contribution in [2.45, 2.75) is 19.9 Å². The molecule has 2 N–H and O–H groups in total. The van der Waals surface area contributed by atoms with E-state index in [0.717, 1.165) is 12.1 Å². The predicted octanol–water partition coefficient (Wildman–Crippen LogP) is 1.83. The van der Waals surface area contributed by atoms with E-state index in [1.807, 2.05) is 31.2 Å². The molecule has 0 bridgehead atoms. The maximum absolute atomic E-state index is 11.1. The summed E-state index contributed by atoms with van der Waals surface area (Å²) in [6, 6.07) is 7.55. The van der Waals surface area contributed by atoms with Gasteiger partial charge in [-0.3, -0.25) is 0 Å². The molecule has 0 aromatic heterocycles. The van der Waals surface area contributed by atoms with Gasteiger partial charge in [-0.2, -0.15) is 0 Å². The van der Waals surface area contributed by atoms with E-state index < -0.39 is 9.84 Å². The van der Waals surface area contributed by atoms with Gasteiger partial charge < -0.3 is 10.6 Å². The second kappa shape index (κ2) is 8.89. The average Bonchev–Trinajstić information content (AvgIpc) is 2.39. The van der Waals surface area contributed by atoms with E-state index in [0.29, 0.717) is 30.5 Å². The summed E-state index contributed by atoms with van der Waals surface area (Å²) in [7, 11) is -2.91. The number of benzene rings is 1. The van der Waals surface area contributed by atoms with Crippen LogP contribution in [0.5, 0.6) is 0 Å². The van der Waals surface area contributed by atoms with Crippen LogP contribution < -0.4 is 10.6 Å². The molecule has 0 unspecified atom stereocenters. The molecule has 0 aliphatic carbocycles. The Bertz CT molecular complexity index is 573. The standard InChI is InChI=1S/C14H22ClN3O2S/c1-3-16-14(17-8-5-9-21(2,19)20)18-11-12-6-4-7-13(15)10-12/h4,6-7,10H,3,5,8-9,11H2,1-2H3,(H2,16,17,18). The molecule has 1 aromatic rings. The molecule has 0 amide bonds. The first-order chi connectivity index (χ1) is 9.90. The van der Waals surface area contributed by atoms with Crippen LogP contribution in [0.15, 0.2) is 29.3 Å². The minimum atomic E-state index is -2.91. The van der Waals surface area contributed by atoms with Crippen molar-refractivity contribution in [3.8, 4) is 0 Å². The molecule has 7 heteroatoms. The molecule has 0 fully saturated rings. The molecular formula is C14H22ClN3O2S. The summed E-state index contributed by atoms with van der Waals surface area (Å²) < 4.78 is 22.1. The molecule has 1 aromatic carbocycles. The molecule has 1 rings (SSSR count). The summed E-state index contributed by atoms with van der Waals surface area (Å²) in [5, 5.41) is 6.93. The summed E-state index contributed by atoms with van der Waals surface area (Å²) in [5.74, 6) is 0.847. The van der Waals surface area contributed by atoms with Gasteiger partial charge in [0.1, 0.15) is 9.84 Å². The smallest absolute Gasteiger partial charge is 0.191 e. The Balaban J connectivity index is 2.50. The largest absolute Gasteiger partial charge is 0.357 e. The highest BCUT2D eigenvalue weighted by atomic mass is 35.5. The first-order valence-electron chi connectivity index (χ1n) is 6.85. The summed E-state index contributed by atoms with van der Waals surface area (Å²) in [6.07, 6.45) is 1.80. The van der Waals surface area contributed by atoms with Crippen molar-refractivity contribution in [3.05, 3.63) is 34.9 Å². The second-order valence-corrected chi connectivity index (χ2v) is 7.43. The number of rotatable bonds is 7. The monoisotopic (exact) mass is 331 g/mol. The van der Waals surface area contributed by atoms with Crippen LogP contribution in [0.25, 0.3) is 0 Å². The molecule has 21 heavy (non-hydrogen) atoms. The SMILES string of the molecule is CCNC(=NCc1cccc(Cl)c1)NCCCS(C)(=O)=O. The van der Waals surface area contributed by atoms with Crippen molar-refractivity contribution in [2.24, 2.45) is 4.99 Å². The fraction of sp³-hybridized carbons (Fsp3) is 0.500. The molecule has 0 spiro atoms. The van der Waals surface area contributed by atoms with Gasteiger partial charge in [0, 0.05) is 24.4 Å². The number of hydrogen-bond acceptors (Lipinski definition) is 3. The third kappa shape index (κ3) is 8.57. The molecule has 0 radical (unpaired) electrons. The highest BCUT2D eigenvalue weighted by Crippen LogP contribution is 2.11. The number of nitrogens with zero attached hydrogens (tertiary/aromatic N) is 1. The van der Waals surface area contributed by atoms with E-state index in [1.54, 1.807) is 0 Å². The fourth-order valence-corrected chi connectivity index (χ4v) is 2.57. The van der Waals surface area contributed by atoms with Crippen LogP contribution >= 0.6 is 11.6 Å². The van der Waals surface area contributed by atoms with E-state index in [9.17, 15) is 8.42 Å². The second-order valence-electron chi connectivity index (χ2n) is 4.74. The lowest BCUT2D eigenvalue weighted by atomic mass is 10.2.